The number of hydrogen-bond acceptors (Lipinski definition) is 4. The molecule has 1 aromatic heterocycles. The molecule has 0 N–H and O–H groups in total. The van der Waals surface area contributed by atoms with Crippen molar-refractivity contribution in [3.63, 3.8) is 0 Å². The summed E-state index contributed by atoms with van der Waals surface area (Å²) < 4.78 is 6.27. The van der Waals surface area contributed by atoms with Gasteiger partial charge in [0, 0.05) is 49.6 Å². The number of hydrogen-bond donors (Lipinski definition) is 0. The maximum Gasteiger partial charge on any atom is 0.255 e. The first-order valence-corrected chi connectivity index (χ1v) is 9.21. The second-order valence-corrected chi connectivity index (χ2v) is 7.31. The summed E-state index contributed by atoms with van der Waals surface area (Å²) in [5.41, 5.74) is 0.672. The highest BCUT2D eigenvalue weighted by atomic mass is 79.9. The number of amides is 1. The molecule has 0 radical (unpaired) electrons. The SMILES string of the molecule is O=C(c1cncc(Br)c1)N1CCCC(CN2CCOCC2)CC1. The van der Waals surface area contributed by atoms with E-state index < -0.39 is 0 Å². The summed E-state index contributed by atoms with van der Waals surface area (Å²) in [6.07, 6.45) is 6.74. The Labute approximate surface area is 146 Å². The number of halogens is 1. The highest BCUT2D eigenvalue weighted by Crippen LogP contribution is 2.21. The van der Waals surface area contributed by atoms with Crippen molar-refractivity contribution in [3.05, 3.63) is 28.5 Å². The highest BCUT2D eigenvalue weighted by molar-refractivity contribution is 9.10. The third-order valence-corrected chi connectivity index (χ3v) is 5.14. The number of ether oxygens (including phenoxy) is 1. The molecule has 2 fully saturated rings. The molecule has 126 valence electrons. The minimum absolute atomic E-state index is 0.103. The van der Waals surface area contributed by atoms with Crippen molar-refractivity contribution in [1.29, 1.82) is 0 Å². The standard InChI is InChI=1S/C17H24BrN3O2/c18-16-10-15(11-19-12-16)17(22)21-4-1-2-14(3-5-21)13-20-6-8-23-9-7-20/h10-12,14H,1-9,13H2. The van der Waals surface area contributed by atoms with Crippen LogP contribution < -0.4 is 0 Å². The molecule has 1 unspecified atom stereocenters. The van der Waals surface area contributed by atoms with E-state index in [9.17, 15) is 4.79 Å². The number of pyridine rings is 1. The normalized spacial score (nSPS) is 23.5. The van der Waals surface area contributed by atoms with Crippen LogP contribution in [0.4, 0.5) is 0 Å². The van der Waals surface area contributed by atoms with Gasteiger partial charge in [0.2, 0.25) is 0 Å². The van der Waals surface area contributed by atoms with Crippen LogP contribution in [0.3, 0.4) is 0 Å². The molecule has 5 nitrogen and oxygen atoms in total. The Morgan fingerprint density at radius 3 is 2.83 bits per heavy atom. The number of rotatable bonds is 3. The van der Waals surface area contributed by atoms with Crippen molar-refractivity contribution in [2.24, 2.45) is 5.92 Å². The van der Waals surface area contributed by atoms with Gasteiger partial charge in [-0.25, -0.2) is 0 Å². The van der Waals surface area contributed by atoms with Gasteiger partial charge in [-0.2, -0.15) is 0 Å². The smallest absolute Gasteiger partial charge is 0.255 e. The molecule has 1 atom stereocenters. The van der Waals surface area contributed by atoms with Crippen LogP contribution in [0.15, 0.2) is 22.9 Å². The fourth-order valence-electron chi connectivity index (χ4n) is 3.41. The molecular formula is C17H24BrN3O2. The van der Waals surface area contributed by atoms with Crippen molar-refractivity contribution in [3.8, 4) is 0 Å². The van der Waals surface area contributed by atoms with E-state index in [2.05, 4.69) is 25.8 Å². The Kier molecular flexibility index (Phi) is 6.02. The lowest BCUT2D eigenvalue weighted by atomic mass is 10.00. The van der Waals surface area contributed by atoms with Crippen LogP contribution in [-0.2, 0) is 4.74 Å². The molecule has 2 aliphatic heterocycles. The second kappa shape index (κ2) is 8.22. The van der Waals surface area contributed by atoms with E-state index in [1.807, 2.05) is 11.0 Å². The Hall–Kier alpha value is -0.980. The van der Waals surface area contributed by atoms with Gasteiger partial charge in [-0.3, -0.25) is 14.7 Å². The van der Waals surface area contributed by atoms with E-state index >= 15 is 0 Å². The summed E-state index contributed by atoms with van der Waals surface area (Å²) in [7, 11) is 0. The summed E-state index contributed by atoms with van der Waals surface area (Å²) in [6.45, 7) is 6.64. The largest absolute Gasteiger partial charge is 0.379 e. The molecule has 2 saturated heterocycles. The summed E-state index contributed by atoms with van der Waals surface area (Å²) in [5.74, 6) is 0.789. The average molecular weight is 382 g/mol. The zero-order chi connectivity index (χ0) is 16.1. The molecule has 2 aliphatic rings. The van der Waals surface area contributed by atoms with Crippen LogP contribution in [0, 0.1) is 5.92 Å². The molecule has 6 heteroatoms. The van der Waals surface area contributed by atoms with Gasteiger partial charge in [0.05, 0.1) is 18.8 Å². The van der Waals surface area contributed by atoms with Crippen molar-refractivity contribution in [2.45, 2.75) is 19.3 Å². The van der Waals surface area contributed by atoms with Crippen LogP contribution in [0.25, 0.3) is 0 Å². The Morgan fingerprint density at radius 2 is 2.04 bits per heavy atom. The molecule has 3 heterocycles. The quantitative estimate of drug-likeness (QED) is 0.806. The van der Waals surface area contributed by atoms with E-state index in [4.69, 9.17) is 4.74 Å². The monoisotopic (exact) mass is 381 g/mol. The van der Waals surface area contributed by atoms with Gasteiger partial charge in [0.25, 0.3) is 5.91 Å². The number of likely N-dealkylation sites (tertiary alicyclic amines) is 1. The number of morpholine rings is 1. The Morgan fingerprint density at radius 1 is 1.22 bits per heavy atom. The zero-order valence-electron chi connectivity index (χ0n) is 13.4. The molecule has 23 heavy (non-hydrogen) atoms. The first kappa shape index (κ1) is 16.9. The van der Waals surface area contributed by atoms with E-state index in [0.717, 1.165) is 63.3 Å². The lowest BCUT2D eigenvalue weighted by molar-refractivity contribution is 0.0296. The summed E-state index contributed by atoms with van der Waals surface area (Å²) in [5, 5.41) is 0. The van der Waals surface area contributed by atoms with Crippen LogP contribution in [-0.4, -0.2) is 66.6 Å². The first-order chi connectivity index (χ1) is 11.2. The summed E-state index contributed by atoms with van der Waals surface area (Å²) in [4.78, 5) is 21.2. The fraction of sp³-hybridized carbons (Fsp3) is 0.647. The Bertz CT molecular complexity index is 534. The van der Waals surface area contributed by atoms with Crippen molar-refractivity contribution >= 4 is 21.8 Å². The summed E-state index contributed by atoms with van der Waals surface area (Å²) >= 11 is 3.39. The van der Waals surface area contributed by atoms with Crippen molar-refractivity contribution < 1.29 is 9.53 Å². The van der Waals surface area contributed by atoms with E-state index in [1.165, 1.54) is 6.42 Å². The van der Waals surface area contributed by atoms with Crippen LogP contribution >= 0.6 is 15.9 Å². The molecule has 0 spiro atoms. The minimum Gasteiger partial charge on any atom is -0.379 e. The fourth-order valence-corrected chi connectivity index (χ4v) is 3.78. The predicted molar refractivity (Wildman–Crippen MR) is 92.4 cm³/mol. The van der Waals surface area contributed by atoms with Crippen LogP contribution in [0.1, 0.15) is 29.6 Å². The minimum atomic E-state index is 0.103. The average Bonchev–Trinajstić information content (AvgIpc) is 2.81. The maximum absolute atomic E-state index is 12.6. The predicted octanol–water partition coefficient (Wildman–Crippen LogP) is 2.42. The van der Waals surface area contributed by atoms with Gasteiger partial charge in [-0.1, -0.05) is 0 Å². The van der Waals surface area contributed by atoms with E-state index in [-0.39, 0.29) is 5.91 Å². The van der Waals surface area contributed by atoms with E-state index in [1.54, 1.807) is 12.4 Å². The lowest BCUT2D eigenvalue weighted by Gasteiger charge is -2.30. The molecule has 0 aromatic carbocycles. The summed E-state index contributed by atoms with van der Waals surface area (Å²) in [6, 6.07) is 1.85. The topological polar surface area (TPSA) is 45.7 Å². The number of aromatic nitrogens is 1. The van der Waals surface area contributed by atoms with Gasteiger partial charge in [-0.15, -0.1) is 0 Å². The lowest BCUT2D eigenvalue weighted by Crippen LogP contribution is -2.39. The van der Waals surface area contributed by atoms with Gasteiger partial charge in [-0.05, 0) is 47.2 Å². The number of nitrogens with zero attached hydrogens (tertiary/aromatic N) is 3. The van der Waals surface area contributed by atoms with E-state index in [0.29, 0.717) is 11.5 Å². The second-order valence-electron chi connectivity index (χ2n) is 6.39. The molecular weight excluding hydrogens is 358 g/mol. The number of carbonyl (C=O) groups is 1. The maximum atomic E-state index is 12.6. The van der Waals surface area contributed by atoms with Gasteiger partial charge < -0.3 is 9.64 Å². The molecule has 1 amide bonds. The Balaban J connectivity index is 1.54. The van der Waals surface area contributed by atoms with Crippen molar-refractivity contribution in [2.75, 3.05) is 45.9 Å². The molecule has 1 aromatic rings. The first-order valence-electron chi connectivity index (χ1n) is 8.42. The van der Waals surface area contributed by atoms with Crippen molar-refractivity contribution in [1.82, 2.24) is 14.8 Å². The third-order valence-electron chi connectivity index (χ3n) is 4.71. The van der Waals surface area contributed by atoms with Gasteiger partial charge in [0.1, 0.15) is 0 Å². The highest BCUT2D eigenvalue weighted by Gasteiger charge is 2.23. The van der Waals surface area contributed by atoms with Crippen LogP contribution in [0.5, 0.6) is 0 Å². The third kappa shape index (κ3) is 4.75. The molecule has 0 saturated carbocycles. The van der Waals surface area contributed by atoms with Gasteiger partial charge >= 0.3 is 0 Å². The molecule has 0 bridgehead atoms. The molecule has 3 rings (SSSR count). The number of carbonyl (C=O) groups excluding carboxylic acids is 1. The molecule has 0 aliphatic carbocycles. The van der Waals surface area contributed by atoms with Gasteiger partial charge in [0.15, 0.2) is 0 Å². The van der Waals surface area contributed by atoms with Crippen LogP contribution in [0.2, 0.25) is 0 Å². The zero-order valence-corrected chi connectivity index (χ0v) is 15.0.